The van der Waals surface area contributed by atoms with Crippen LogP contribution in [0, 0.1) is 5.82 Å². The summed E-state index contributed by atoms with van der Waals surface area (Å²) in [5.74, 6) is -0.990. The molecule has 1 aromatic rings. The van der Waals surface area contributed by atoms with Crippen LogP contribution in [-0.4, -0.2) is 6.29 Å². The summed E-state index contributed by atoms with van der Waals surface area (Å²) in [5, 5.41) is 0. The van der Waals surface area contributed by atoms with Crippen molar-refractivity contribution in [2.75, 3.05) is 0 Å². The van der Waals surface area contributed by atoms with E-state index >= 15 is 0 Å². The van der Waals surface area contributed by atoms with Gasteiger partial charge >= 0.3 is 6.18 Å². The van der Waals surface area contributed by atoms with Crippen LogP contribution >= 0.6 is 0 Å². The molecule has 0 aliphatic heterocycles. The third-order valence-corrected chi connectivity index (χ3v) is 1.61. The fraction of sp³-hybridized carbons (Fsp3) is 0.100. The van der Waals surface area contributed by atoms with Gasteiger partial charge in [-0.3, -0.25) is 4.79 Å². The molecule has 0 aliphatic rings. The fourth-order valence-corrected chi connectivity index (χ4v) is 1.02. The van der Waals surface area contributed by atoms with E-state index in [4.69, 9.17) is 0 Å². The maximum atomic E-state index is 12.8. The van der Waals surface area contributed by atoms with E-state index in [2.05, 4.69) is 0 Å². The lowest BCUT2D eigenvalue weighted by atomic mass is 10.1. The van der Waals surface area contributed by atoms with Gasteiger partial charge in [0.15, 0.2) is 0 Å². The second-order valence-corrected chi connectivity index (χ2v) is 2.77. The Balaban J connectivity index is 3.16. The standard InChI is InChI=1S/C10H6F4O/c11-9-5-7(2-1-3-15)4-8(6-9)10(12,13)14/h1-6H/b2-1+. The summed E-state index contributed by atoms with van der Waals surface area (Å²) in [6, 6.07) is 2.08. The molecule has 0 atom stereocenters. The average Bonchev–Trinajstić information content (AvgIpc) is 2.12. The highest BCUT2D eigenvalue weighted by Gasteiger charge is 2.31. The lowest BCUT2D eigenvalue weighted by Gasteiger charge is -2.07. The van der Waals surface area contributed by atoms with E-state index in [1.165, 1.54) is 0 Å². The number of benzene rings is 1. The Morgan fingerprint density at radius 3 is 2.33 bits per heavy atom. The van der Waals surface area contributed by atoms with Crippen LogP contribution in [0.15, 0.2) is 24.3 Å². The lowest BCUT2D eigenvalue weighted by molar-refractivity contribution is -0.137. The Morgan fingerprint density at radius 1 is 1.13 bits per heavy atom. The fourth-order valence-electron chi connectivity index (χ4n) is 1.02. The number of halogens is 4. The summed E-state index contributed by atoms with van der Waals surface area (Å²) in [5.41, 5.74) is -1.08. The van der Waals surface area contributed by atoms with Crippen molar-refractivity contribution in [1.82, 2.24) is 0 Å². The van der Waals surface area contributed by atoms with Gasteiger partial charge in [-0.25, -0.2) is 4.39 Å². The first-order valence-corrected chi connectivity index (χ1v) is 3.93. The molecular formula is C10H6F4O. The van der Waals surface area contributed by atoms with Gasteiger partial charge in [0.1, 0.15) is 12.1 Å². The normalized spacial score (nSPS) is 12.0. The smallest absolute Gasteiger partial charge is 0.299 e. The number of carbonyl (C=O) groups excluding carboxylic acids is 1. The SMILES string of the molecule is O=C/C=C/c1cc(F)cc(C(F)(F)F)c1. The lowest BCUT2D eigenvalue weighted by Crippen LogP contribution is -2.05. The minimum absolute atomic E-state index is 0.00516. The largest absolute Gasteiger partial charge is 0.416 e. The quantitative estimate of drug-likeness (QED) is 0.423. The van der Waals surface area contributed by atoms with Gasteiger partial charge in [-0.15, -0.1) is 0 Å². The molecule has 0 saturated carbocycles. The van der Waals surface area contributed by atoms with Crippen LogP contribution in [0.1, 0.15) is 11.1 Å². The van der Waals surface area contributed by atoms with Gasteiger partial charge < -0.3 is 0 Å². The van der Waals surface area contributed by atoms with Crippen LogP contribution in [0.2, 0.25) is 0 Å². The third kappa shape index (κ3) is 3.19. The molecule has 0 N–H and O–H groups in total. The topological polar surface area (TPSA) is 17.1 Å². The first-order valence-electron chi connectivity index (χ1n) is 3.93. The molecule has 5 heteroatoms. The van der Waals surface area contributed by atoms with Gasteiger partial charge in [-0.1, -0.05) is 6.08 Å². The predicted octanol–water partition coefficient (Wildman–Crippen LogP) is 3.06. The molecule has 0 bridgehead atoms. The molecule has 0 saturated heterocycles. The summed E-state index contributed by atoms with van der Waals surface area (Å²) in [6.07, 6.45) is -2.09. The van der Waals surface area contributed by atoms with E-state index in [1.807, 2.05) is 0 Å². The van der Waals surface area contributed by atoms with E-state index in [0.29, 0.717) is 12.4 Å². The van der Waals surface area contributed by atoms with Gasteiger partial charge in [-0.2, -0.15) is 13.2 Å². The third-order valence-electron chi connectivity index (χ3n) is 1.61. The highest BCUT2D eigenvalue weighted by atomic mass is 19.4. The Morgan fingerprint density at radius 2 is 1.80 bits per heavy atom. The number of rotatable bonds is 2. The molecule has 0 amide bonds. The molecule has 0 heterocycles. The van der Waals surface area contributed by atoms with Gasteiger partial charge in [0.25, 0.3) is 0 Å². The van der Waals surface area contributed by atoms with Crippen LogP contribution in [-0.2, 0) is 11.0 Å². The van der Waals surface area contributed by atoms with Crippen molar-refractivity contribution in [3.8, 4) is 0 Å². The zero-order valence-corrected chi connectivity index (χ0v) is 7.38. The Bertz CT molecular complexity index is 393. The predicted molar refractivity (Wildman–Crippen MR) is 46.5 cm³/mol. The zero-order chi connectivity index (χ0) is 11.5. The van der Waals surface area contributed by atoms with Gasteiger partial charge in [-0.05, 0) is 29.8 Å². The number of aldehydes is 1. The van der Waals surface area contributed by atoms with Gasteiger partial charge in [0, 0.05) is 0 Å². The zero-order valence-electron chi connectivity index (χ0n) is 7.38. The molecule has 0 spiro atoms. The van der Waals surface area contributed by atoms with Crippen molar-refractivity contribution < 1.29 is 22.4 Å². The van der Waals surface area contributed by atoms with Crippen LogP contribution in [0.25, 0.3) is 6.08 Å². The van der Waals surface area contributed by atoms with E-state index in [0.717, 1.165) is 24.3 Å². The monoisotopic (exact) mass is 218 g/mol. The maximum Gasteiger partial charge on any atom is 0.416 e. The summed E-state index contributed by atoms with van der Waals surface area (Å²) >= 11 is 0. The highest BCUT2D eigenvalue weighted by Crippen LogP contribution is 2.30. The molecule has 0 fully saturated rings. The highest BCUT2D eigenvalue weighted by molar-refractivity contribution is 5.73. The molecular weight excluding hydrogens is 212 g/mol. The van der Waals surface area contributed by atoms with Crippen molar-refractivity contribution in [2.24, 2.45) is 0 Å². The summed E-state index contributed by atoms with van der Waals surface area (Å²) in [7, 11) is 0. The van der Waals surface area contributed by atoms with E-state index in [1.54, 1.807) is 0 Å². The van der Waals surface area contributed by atoms with Crippen molar-refractivity contribution in [3.05, 3.63) is 41.2 Å². The molecule has 1 rings (SSSR count). The average molecular weight is 218 g/mol. The first kappa shape index (κ1) is 11.4. The Kier molecular flexibility index (Phi) is 3.24. The summed E-state index contributed by atoms with van der Waals surface area (Å²) in [6.45, 7) is 0. The Labute approximate surface area is 83.0 Å². The van der Waals surface area contributed by atoms with Gasteiger partial charge in [0.05, 0.1) is 5.56 Å². The van der Waals surface area contributed by atoms with Crippen molar-refractivity contribution in [2.45, 2.75) is 6.18 Å². The second-order valence-electron chi connectivity index (χ2n) is 2.77. The second kappa shape index (κ2) is 4.25. The number of hydrogen-bond acceptors (Lipinski definition) is 1. The van der Waals surface area contributed by atoms with E-state index < -0.39 is 17.6 Å². The van der Waals surface area contributed by atoms with E-state index in [9.17, 15) is 22.4 Å². The van der Waals surface area contributed by atoms with Crippen molar-refractivity contribution >= 4 is 12.4 Å². The maximum absolute atomic E-state index is 12.8. The first-order chi connectivity index (χ1) is 6.93. The molecule has 1 aromatic carbocycles. The van der Waals surface area contributed by atoms with E-state index in [-0.39, 0.29) is 5.56 Å². The molecule has 1 nitrogen and oxygen atoms in total. The molecule has 0 radical (unpaired) electrons. The van der Waals surface area contributed by atoms with Crippen molar-refractivity contribution in [3.63, 3.8) is 0 Å². The van der Waals surface area contributed by atoms with Crippen LogP contribution in [0.5, 0.6) is 0 Å². The molecule has 15 heavy (non-hydrogen) atoms. The number of alkyl halides is 3. The number of hydrogen-bond donors (Lipinski definition) is 0. The number of carbonyl (C=O) groups is 1. The summed E-state index contributed by atoms with van der Waals surface area (Å²) in [4.78, 5) is 9.94. The Hall–Kier alpha value is -1.65. The van der Waals surface area contributed by atoms with Gasteiger partial charge in [0.2, 0.25) is 0 Å². The summed E-state index contributed by atoms with van der Waals surface area (Å²) < 4.78 is 49.4. The molecule has 80 valence electrons. The molecule has 0 unspecified atom stereocenters. The number of allylic oxidation sites excluding steroid dienone is 1. The minimum Gasteiger partial charge on any atom is -0.299 e. The van der Waals surface area contributed by atoms with Crippen molar-refractivity contribution in [1.29, 1.82) is 0 Å². The van der Waals surface area contributed by atoms with Crippen LogP contribution in [0.4, 0.5) is 17.6 Å². The molecule has 0 aromatic heterocycles. The minimum atomic E-state index is -4.59. The molecule has 0 aliphatic carbocycles. The van der Waals surface area contributed by atoms with Crippen LogP contribution < -0.4 is 0 Å². The van der Waals surface area contributed by atoms with Crippen LogP contribution in [0.3, 0.4) is 0 Å².